The summed E-state index contributed by atoms with van der Waals surface area (Å²) in [7, 11) is 0. The van der Waals surface area contributed by atoms with Gasteiger partial charge in [-0.2, -0.15) is 0 Å². The zero-order valence-corrected chi connectivity index (χ0v) is 18.3. The Bertz CT molecular complexity index is 1160. The molecule has 0 spiro atoms. The lowest BCUT2D eigenvalue weighted by Crippen LogP contribution is -2.30. The van der Waals surface area contributed by atoms with Gasteiger partial charge in [-0.1, -0.05) is 59.3 Å². The summed E-state index contributed by atoms with van der Waals surface area (Å²) in [5.41, 5.74) is 2.31. The van der Waals surface area contributed by atoms with Gasteiger partial charge >= 0.3 is 0 Å². The van der Waals surface area contributed by atoms with Crippen molar-refractivity contribution in [1.82, 2.24) is 4.98 Å². The highest BCUT2D eigenvalue weighted by Crippen LogP contribution is 2.34. The number of carbonyl (C=O) groups excluding carboxylic acids is 1. The smallest absolute Gasteiger partial charge is 0.260 e. The minimum absolute atomic E-state index is 0.0774. The maximum Gasteiger partial charge on any atom is 0.260 e. The van der Waals surface area contributed by atoms with Gasteiger partial charge in [0.25, 0.3) is 5.91 Å². The van der Waals surface area contributed by atoms with Crippen LogP contribution in [0.15, 0.2) is 72.8 Å². The third-order valence-corrected chi connectivity index (χ3v) is 5.84. The summed E-state index contributed by atoms with van der Waals surface area (Å²) in [6, 6.07) is 22.8. The van der Waals surface area contributed by atoms with E-state index in [0.29, 0.717) is 27.8 Å². The largest absolute Gasteiger partial charge is 0.491 e. The van der Waals surface area contributed by atoms with E-state index >= 15 is 0 Å². The Morgan fingerprint density at radius 2 is 1.77 bits per heavy atom. The fourth-order valence-corrected chi connectivity index (χ4v) is 4.38. The van der Waals surface area contributed by atoms with Gasteiger partial charge in [-0.3, -0.25) is 9.69 Å². The normalized spacial score (nSPS) is 11.1. The molecule has 0 fully saturated rings. The van der Waals surface area contributed by atoms with Crippen molar-refractivity contribution in [1.29, 1.82) is 0 Å². The summed E-state index contributed by atoms with van der Waals surface area (Å²) in [5, 5.41) is 1.20. The van der Waals surface area contributed by atoms with Gasteiger partial charge in [0.2, 0.25) is 0 Å². The number of carbonyl (C=O) groups is 1. The molecular formula is C24H21ClN2O2S. The van der Waals surface area contributed by atoms with Gasteiger partial charge in [-0.15, -0.1) is 0 Å². The van der Waals surface area contributed by atoms with E-state index < -0.39 is 0 Å². The van der Waals surface area contributed by atoms with Crippen molar-refractivity contribution in [3.05, 3.63) is 88.9 Å². The molecule has 1 aromatic heterocycles. The highest BCUT2D eigenvalue weighted by atomic mass is 35.5. The van der Waals surface area contributed by atoms with Crippen molar-refractivity contribution in [2.75, 3.05) is 4.90 Å². The monoisotopic (exact) mass is 436 g/mol. The lowest BCUT2D eigenvalue weighted by atomic mass is 10.1. The molecule has 0 unspecified atom stereocenters. The number of amides is 1. The summed E-state index contributed by atoms with van der Waals surface area (Å²) in [4.78, 5) is 19.8. The summed E-state index contributed by atoms with van der Waals surface area (Å²) in [6.07, 6.45) is 0.0774. The standard InChI is InChI=1S/C24H21ClN2O2S/c1-16(2)29-19-13-11-18(12-14-19)23(28)27(15-17-7-4-3-5-8-17)24-26-22-20(25)9-6-10-21(22)30-24/h3-14,16H,15H2,1-2H3. The molecule has 30 heavy (non-hydrogen) atoms. The van der Waals surface area contributed by atoms with E-state index in [1.807, 2.05) is 74.5 Å². The lowest BCUT2D eigenvalue weighted by Gasteiger charge is -2.20. The van der Waals surface area contributed by atoms with Crippen molar-refractivity contribution in [3.63, 3.8) is 0 Å². The first-order chi connectivity index (χ1) is 14.5. The van der Waals surface area contributed by atoms with Crippen molar-refractivity contribution in [2.45, 2.75) is 26.5 Å². The van der Waals surface area contributed by atoms with Gasteiger partial charge < -0.3 is 4.74 Å². The zero-order valence-electron chi connectivity index (χ0n) is 16.7. The third-order valence-electron chi connectivity index (χ3n) is 4.49. The van der Waals surface area contributed by atoms with Gasteiger partial charge in [-0.25, -0.2) is 4.98 Å². The van der Waals surface area contributed by atoms with Crippen LogP contribution < -0.4 is 9.64 Å². The quantitative estimate of drug-likeness (QED) is 0.342. The predicted molar refractivity (Wildman–Crippen MR) is 124 cm³/mol. The summed E-state index contributed by atoms with van der Waals surface area (Å²) >= 11 is 7.78. The molecule has 0 radical (unpaired) electrons. The first kappa shape index (κ1) is 20.4. The number of halogens is 1. The third kappa shape index (κ3) is 4.48. The molecule has 3 aromatic carbocycles. The molecule has 0 aliphatic rings. The van der Waals surface area contributed by atoms with Crippen molar-refractivity contribution >= 4 is 44.2 Å². The number of rotatable bonds is 6. The molecule has 0 aliphatic heterocycles. The van der Waals surface area contributed by atoms with Crippen LogP contribution in [0.25, 0.3) is 10.2 Å². The van der Waals surface area contributed by atoms with Gasteiger partial charge in [0, 0.05) is 5.56 Å². The maximum absolute atomic E-state index is 13.5. The number of ether oxygens (including phenoxy) is 1. The van der Waals surface area contributed by atoms with E-state index in [4.69, 9.17) is 16.3 Å². The number of hydrogen-bond acceptors (Lipinski definition) is 4. The van der Waals surface area contributed by atoms with E-state index in [9.17, 15) is 4.79 Å². The maximum atomic E-state index is 13.5. The summed E-state index contributed by atoms with van der Waals surface area (Å²) in [6.45, 7) is 4.36. The van der Waals surface area contributed by atoms with E-state index in [1.54, 1.807) is 17.0 Å². The minimum atomic E-state index is -0.120. The molecule has 0 atom stereocenters. The molecule has 0 bridgehead atoms. The minimum Gasteiger partial charge on any atom is -0.491 e. The van der Waals surface area contributed by atoms with Crippen LogP contribution >= 0.6 is 22.9 Å². The van der Waals surface area contributed by atoms with Crippen LogP contribution in [0.1, 0.15) is 29.8 Å². The first-order valence-corrected chi connectivity index (χ1v) is 10.9. The molecule has 4 rings (SSSR count). The van der Waals surface area contributed by atoms with Crippen LogP contribution in [0.3, 0.4) is 0 Å². The molecular weight excluding hydrogens is 416 g/mol. The molecule has 6 heteroatoms. The number of benzene rings is 3. The highest BCUT2D eigenvalue weighted by Gasteiger charge is 2.22. The molecule has 4 aromatic rings. The molecule has 0 N–H and O–H groups in total. The van der Waals surface area contributed by atoms with E-state index in [0.717, 1.165) is 16.0 Å². The Kier molecular flexibility index (Phi) is 6.02. The van der Waals surface area contributed by atoms with Crippen LogP contribution in [0.2, 0.25) is 5.02 Å². The number of para-hydroxylation sites is 1. The summed E-state index contributed by atoms with van der Waals surface area (Å²) in [5.74, 6) is 0.619. The van der Waals surface area contributed by atoms with Gasteiger partial charge in [-0.05, 0) is 55.8 Å². The number of hydrogen-bond donors (Lipinski definition) is 0. The van der Waals surface area contributed by atoms with Crippen LogP contribution in [0, 0.1) is 0 Å². The summed E-state index contributed by atoms with van der Waals surface area (Å²) < 4.78 is 6.64. The Morgan fingerprint density at radius 1 is 1.03 bits per heavy atom. The molecule has 4 nitrogen and oxygen atoms in total. The second kappa shape index (κ2) is 8.86. The zero-order chi connectivity index (χ0) is 21.1. The highest BCUT2D eigenvalue weighted by molar-refractivity contribution is 7.22. The van der Waals surface area contributed by atoms with E-state index in [-0.39, 0.29) is 12.0 Å². The number of nitrogens with zero attached hydrogens (tertiary/aromatic N) is 2. The number of fused-ring (bicyclic) bond motifs is 1. The second-order valence-corrected chi connectivity index (χ2v) is 8.57. The number of thiazole rings is 1. The fraction of sp³-hybridized carbons (Fsp3) is 0.167. The van der Waals surface area contributed by atoms with Crippen LogP contribution in [0.4, 0.5) is 5.13 Å². The fourth-order valence-electron chi connectivity index (χ4n) is 3.12. The molecule has 152 valence electrons. The second-order valence-electron chi connectivity index (χ2n) is 7.15. The van der Waals surface area contributed by atoms with Gasteiger partial charge in [0.15, 0.2) is 5.13 Å². The van der Waals surface area contributed by atoms with Gasteiger partial charge in [0.05, 0.1) is 22.4 Å². The molecule has 0 aliphatic carbocycles. The first-order valence-electron chi connectivity index (χ1n) is 9.69. The van der Waals surface area contributed by atoms with Crippen LogP contribution in [-0.2, 0) is 6.54 Å². The molecule has 1 amide bonds. The van der Waals surface area contributed by atoms with Crippen LogP contribution in [-0.4, -0.2) is 17.0 Å². The average molecular weight is 437 g/mol. The Labute approximate surface area is 184 Å². The lowest BCUT2D eigenvalue weighted by molar-refractivity contribution is 0.0985. The molecule has 1 heterocycles. The van der Waals surface area contributed by atoms with E-state index in [2.05, 4.69) is 4.98 Å². The number of anilines is 1. The van der Waals surface area contributed by atoms with E-state index in [1.165, 1.54) is 11.3 Å². The van der Waals surface area contributed by atoms with Crippen molar-refractivity contribution in [2.24, 2.45) is 0 Å². The van der Waals surface area contributed by atoms with Crippen molar-refractivity contribution in [3.8, 4) is 5.75 Å². The Hall–Kier alpha value is -2.89. The number of aromatic nitrogens is 1. The Balaban J connectivity index is 1.70. The SMILES string of the molecule is CC(C)Oc1ccc(C(=O)N(Cc2ccccc2)c2nc3c(Cl)cccc3s2)cc1. The Morgan fingerprint density at radius 3 is 2.43 bits per heavy atom. The molecule has 0 saturated heterocycles. The predicted octanol–water partition coefficient (Wildman–Crippen LogP) is 6.58. The average Bonchev–Trinajstić information content (AvgIpc) is 3.18. The molecule has 0 saturated carbocycles. The topological polar surface area (TPSA) is 42.4 Å². The van der Waals surface area contributed by atoms with Gasteiger partial charge in [0.1, 0.15) is 11.3 Å². The van der Waals surface area contributed by atoms with Crippen LogP contribution in [0.5, 0.6) is 5.75 Å². The van der Waals surface area contributed by atoms with Crippen molar-refractivity contribution < 1.29 is 9.53 Å².